The summed E-state index contributed by atoms with van der Waals surface area (Å²) in [5.41, 5.74) is 2.48. The number of morpholine rings is 1. The van der Waals surface area contributed by atoms with E-state index < -0.39 is 6.10 Å². The van der Waals surface area contributed by atoms with Crippen LogP contribution in [-0.2, 0) is 9.47 Å². The Balaban J connectivity index is 1.55. The summed E-state index contributed by atoms with van der Waals surface area (Å²) in [5, 5.41) is 9.94. The Morgan fingerprint density at radius 2 is 1.95 bits per heavy atom. The van der Waals surface area contributed by atoms with Crippen molar-refractivity contribution in [3.8, 4) is 5.75 Å². The Kier molecular flexibility index (Phi) is 7.12. The molecule has 0 amide bonds. The zero-order chi connectivity index (χ0) is 15.8. The zero-order valence-electron chi connectivity index (χ0n) is 13.6. The number of aryl methyl sites for hydroxylation is 2. The molecular weight excluding hydrogens is 282 g/mol. The van der Waals surface area contributed by atoms with Crippen LogP contribution in [0.25, 0.3) is 0 Å². The second-order valence-corrected chi connectivity index (χ2v) is 5.74. The third kappa shape index (κ3) is 5.93. The van der Waals surface area contributed by atoms with Gasteiger partial charge in [0.2, 0.25) is 0 Å². The lowest BCUT2D eigenvalue weighted by molar-refractivity contribution is -0.0178. The number of ether oxygens (including phenoxy) is 3. The van der Waals surface area contributed by atoms with Gasteiger partial charge >= 0.3 is 0 Å². The summed E-state index contributed by atoms with van der Waals surface area (Å²) < 4.78 is 16.4. The molecule has 0 aromatic heterocycles. The van der Waals surface area contributed by atoms with Crippen molar-refractivity contribution in [1.29, 1.82) is 0 Å². The molecule has 22 heavy (non-hydrogen) atoms. The fourth-order valence-electron chi connectivity index (χ4n) is 2.38. The van der Waals surface area contributed by atoms with Gasteiger partial charge in [0.15, 0.2) is 0 Å². The topological polar surface area (TPSA) is 51.2 Å². The number of hydrogen-bond donors (Lipinski definition) is 1. The molecule has 0 saturated carbocycles. The summed E-state index contributed by atoms with van der Waals surface area (Å²) in [6, 6.07) is 6.05. The third-order valence-corrected chi connectivity index (χ3v) is 3.86. The van der Waals surface area contributed by atoms with Crippen molar-refractivity contribution in [2.45, 2.75) is 20.0 Å². The summed E-state index contributed by atoms with van der Waals surface area (Å²) in [4.78, 5) is 2.20. The number of aliphatic hydroxyl groups is 1. The van der Waals surface area contributed by atoms with E-state index in [-0.39, 0.29) is 0 Å². The van der Waals surface area contributed by atoms with Gasteiger partial charge in [0, 0.05) is 19.6 Å². The van der Waals surface area contributed by atoms with Gasteiger partial charge in [-0.2, -0.15) is 0 Å². The van der Waals surface area contributed by atoms with E-state index in [1.165, 1.54) is 11.1 Å². The van der Waals surface area contributed by atoms with Crippen molar-refractivity contribution in [3.63, 3.8) is 0 Å². The maximum Gasteiger partial charge on any atom is 0.119 e. The average molecular weight is 309 g/mol. The van der Waals surface area contributed by atoms with Crippen LogP contribution in [0.2, 0.25) is 0 Å². The van der Waals surface area contributed by atoms with E-state index in [2.05, 4.69) is 24.8 Å². The smallest absolute Gasteiger partial charge is 0.119 e. The van der Waals surface area contributed by atoms with Crippen molar-refractivity contribution in [2.24, 2.45) is 0 Å². The lowest BCUT2D eigenvalue weighted by Gasteiger charge is -2.28. The highest BCUT2D eigenvalue weighted by atomic mass is 16.5. The molecule has 1 heterocycles. The van der Waals surface area contributed by atoms with E-state index in [0.29, 0.717) is 26.4 Å². The molecule has 5 nitrogen and oxygen atoms in total. The van der Waals surface area contributed by atoms with Gasteiger partial charge in [0.25, 0.3) is 0 Å². The maximum atomic E-state index is 9.94. The summed E-state index contributed by atoms with van der Waals surface area (Å²) in [5.74, 6) is 0.862. The first-order valence-electron chi connectivity index (χ1n) is 7.91. The number of hydrogen-bond acceptors (Lipinski definition) is 5. The Labute approximate surface area is 132 Å². The number of benzene rings is 1. The summed E-state index contributed by atoms with van der Waals surface area (Å²) >= 11 is 0. The molecule has 5 heteroatoms. The van der Waals surface area contributed by atoms with Gasteiger partial charge in [-0.1, -0.05) is 6.07 Å². The maximum absolute atomic E-state index is 9.94. The quantitative estimate of drug-likeness (QED) is 0.736. The van der Waals surface area contributed by atoms with Crippen LogP contribution in [0.4, 0.5) is 0 Å². The number of nitrogens with zero attached hydrogens (tertiary/aromatic N) is 1. The second-order valence-electron chi connectivity index (χ2n) is 5.74. The lowest BCUT2D eigenvalue weighted by Crippen LogP contribution is -2.42. The molecule has 124 valence electrons. The van der Waals surface area contributed by atoms with Crippen LogP contribution >= 0.6 is 0 Å². The van der Waals surface area contributed by atoms with Crippen molar-refractivity contribution in [2.75, 3.05) is 52.7 Å². The molecular formula is C17H27NO4. The Hall–Kier alpha value is -1.14. The molecule has 0 spiro atoms. The molecule has 0 bridgehead atoms. The van der Waals surface area contributed by atoms with Gasteiger partial charge in [0.05, 0.1) is 32.5 Å². The second kappa shape index (κ2) is 9.10. The summed E-state index contributed by atoms with van der Waals surface area (Å²) in [7, 11) is 0. The first-order chi connectivity index (χ1) is 10.6. The van der Waals surface area contributed by atoms with Crippen LogP contribution in [0.15, 0.2) is 18.2 Å². The minimum absolute atomic E-state index is 0.341. The fourth-order valence-corrected chi connectivity index (χ4v) is 2.38. The van der Waals surface area contributed by atoms with Crippen LogP contribution in [-0.4, -0.2) is 68.8 Å². The highest BCUT2D eigenvalue weighted by molar-refractivity contribution is 5.33. The summed E-state index contributed by atoms with van der Waals surface area (Å²) in [6.45, 7) is 9.36. The molecule has 1 aromatic rings. The van der Waals surface area contributed by atoms with Gasteiger partial charge in [-0.05, 0) is 37.1 Å². The molecule has 1 fully saturated rings. The number of rotatable bonds is 8. The minimum atomic E-state index is -0.459. The van der Waals surface area contributed by atoms with Gasteiger partial charge in [-0.25, -0.2) is 0 Å². The molecule has 1 aliphatic rings. The highest BCUT2D eigenvalue weighted by Gasteiger charge is 2.14. The van der Waals surface area contributed by atoms with Crippen molar-refractivity contribution >= 4 is 0 Å². The molecule has 1 aromatic carbocycles. The third-order valence-electron chi connectivity index (χ3n) is 3.86. The normalized spacial score (nSPS) is 17.4. The van der Waals surface area contributed by atoms with Crippen LogP contribution in [0.1, 0.15) is 11.1 Å². The van der Waals surface area contributed by atoms with E-state index in [1.807, 2.05) is 12.1 Å². The van der Waals surface area contributed by atoms with Crippen LogP contribution in [0.3, 0.4) is 0 Å². The number of β-amino-alcohol motifs (C(OH)–C–C–N with tert-alkyl or cyclic N) is 1. The molecule has 1 saturated heterocycles. The van der Waals surface area contributed by atoms with Crippen molar-refractivity contribution < 1.29 is 19.3 Å². The highest BCUT2D eigenvalue weighted by Crippen LogP contribution is 2.16. The average Bonchev–Trinajstić information content (AvgIpc) is 2.51. The SMILES string of the molecule is Cc1ccc(OCCOCC(O)CN2CCOCC2)cc1C. The molecule has 1 aliphatic heterocycles. The minimum Gasteiger partial charge on any atom is -0.491 e. The van der Waals surface area contributed by atoms with Crippen molar-refractivity contribution in [1.82, 2.24) is 4.90 Å². The Bertz CT molecular complexity index is 446. The van der Waals surface area contributed by atoms with Gasteiger partial charge in [0.1, 0.15) is 12.4 Å². The zero-order valence-corrected chi connectivity index (χ0v) is 13.6. The predicted molar refractivity (Wildman–Crippen MR) is 85.5 cm³/mol. The van der Waals surface area contributed by atoms with E-state index in [0.717, 1.165) is 32.1 Å². The molecule has 1 N–H and O–H groups in total. The molecule has 0 radical (unpaired) electrons. The van der Waals surface area contributed by atoms with E-state index in [9.17, 15) is 5.11 Å². The van der Waals surface area contributed by atoms with Gasteiger partial charge in [-0.15, -0.1) is 0 Å². The van der Waals surface area contributed by atoms with Crippen LogP contribution in [0, 0.1) is 13.8 Å². The molecule has 2 rings (SSSR count). The van der Waals surface area contributed by atoms with Crippen molar-refractivity contribution in [3.05, 3.63) is 29.3 Å². The molecule has 1 unspecified atom stereocenters. The van der Waals surface area contributed by atoms with E-state index in [4.69, 9.17) is 14.2 Å². The molecule has 0 aliphatic carbocycles. The monoisotopic (exact) mass is 309 g/mol. The lowest BCUT2D eigenvalue weighted by atomic mass is 10.1. The van der Waals surface area contributed by atoms with Gasteiger partial charge in [-0.3, -0.25) is 4.90 Å². The predicted octanol–water partition coefficient (Wildman–Crippen LogP) is 1.39. The van der Waals surface area contributed by atoms with E-state index >= 15 is 0 Å². The van der Waals surface area contributed by atoms with E-state index in [1.54, 1.807) is 0 Å². The summed E-state index contributed by atoms with van der Waals surface area (Å²) in [6.07, 6.45) is -0.459. The van der Waals surface area contributed by atoms with Crippen LogP contribution in [0.5, 0.6) is 5.75 Å². The fraction of sp³-hybridized carbons (Fsp3) is 0.647. The molecule has 1 atom stereocenters. The first-order valence-corrected chi connectivity index (χ1v) is 7.91. The van der Waals surface area contributed by atoms with Gasteiger partial charge < -0.3 is 19.3 Å². The Morgan fingerprint density at radius 1 is 1.18 bits per heavy atom. The Morgan fingerprint density at radius 3 is 2.68 bits per heavy atom. The number of aliphatic hydroxyl groups excluding tert-OH is 1. The largest absolute Gasteiger partial charge is 0.491 e. The van der Waals surface area contributed by atoms with Crippen LogP contribution < -0.4 is 4.74 Å². The first kappa shape index (κ1) is 17.2. The standard InChI is InChI=1S/C17H27NO4/c1-14-3-4-17(11-15(14)2)22-10-9-21-13-16(19)12-18-5-7-20-8-6-18/h3-4,11,16,19H,5-10,12-13H2,1-2H3.